The van der Waals surface area contributed by atoms with Crippen LogP contribution in [0.3, 0.4) is 0 Å². The molecule has 0 aliphatic carbocycles. The van der Waals surface area contributed by atoms with Gasteiger partial charge in [-0.1, -0.05) is 30.3 Å². The molecule has 4 nitrogen and oxygen atoms in total. The minimum Gasteiger partial charge on any atom is -0.400 e. The Morgan fingerprint density at radius 3 is 1.64 bits per heavy atom. The van der Waals surface area contributed by atoms with Crippen molar-refractivity contribution in [3.63, 3.8) is 0 Å². The minimum absolute atomic E-state index is 0.341. The molecule has 7 heteroatoms. The van der Waals surface area contributed by atoms with E-state index >= 15 is 0 Å². The zero-order chi connectivity index (χ0) is 21.0. The van der Waals surface area contributed by atoms with Crippen LogP contribution < -0.4 is 5.46 Å². The van der Waals surface area contributed by atoms with Gasteiger partial charge in [0.15, 0.2) is 0 Å². The molecule has 0 amide bonds. The van der Waals surface area contributed by atoms with Crippen molar-refractivity contribution in [1.82, 2.24) is 0 Å². The molecule has 2 heterocycles. The lowest BCUT2D eigenvalue weighted by Gasteiger charge is -2.32. The largest absolute Gasteiger partial charge is 0.494 e. The van der Waals surface area contributed by atoms with E-state index in [0.29, 0.717) is 5.75 Å². The van der Waals surface area contributed by atoms with Crippen LogP contribution in [0.5, 0.6) is 0 Å². The average molecular weight is 402 g/mol. The summed E-state index contributed by atoms with van der Waals surface area (Å²) < 4.78 is 24.6. The normalized spacial score (nSPS) is 25.4. The zero-order valence-corrected chi connectivity index (χ0v) is 19.2. The molecule has 0 saturated carbocycles. The van der Waals surface area contributed by atoms with E-state index in [1.165, 1.54) is 0 Å². The second kappa shape index (κ2) is 7.21. The number of benzene rings is 1. The Kier molecular flexibility index (Phi) is 5.66. The molecule has 0 spiro atoms. The van der Waals surface area contributed by atoms with Crippen LogP contribution in [0.1, 0.15) is 61.0 Å². The Bertz CT molecular complexity index is 724. The molecular weight excluding hydrogens is 370 g/mol. The molecule has 0 atom stereocenters. The summed E-state index contributed by atoms with van der Waals surface area (Å²) in [5.74, 6) is 0.565. The molecule has 2 saturated heterocycles. The van der Waals surface area contributed by atoms with Crippen LogP contribution in [-0.4, -0.2) is 42.4 Å². The molecule has 1 aromatic rings. The van der Waals surface area contributed by atoms with Gasteiger partial charge in [0.1, 0.15) is 0 Å². The van der Waals surface area contributed by atoms with Gasteiger partial charge in [0.05, 0.1) is 22.4 Å². The number of hydrogen-bond acceptors (Lipinski definition) is 5. The van der Waals surface area contributed by atoms with Gasteiger partial charge in [0.25, 0.3) is 0 Å². The summed E-state index contributed by atoms with van der Waals surface area (Å²) in [6.45, 7) is 16.5. The predicted molar refractivity (Wildman–Crippen MR) is 120 cm³/mol. The smallest absolute Gasteiger partial charge is 0.400 e. The summed E-state index contributed by atoms with van der Waals surface area (Å²) in [5, 5.41) is 0. The Morgan fingerprint density at radius 1 is 0.786 bits per heavy atom. The van der Waals surface area contributed by atoms with Gasteiger partial charge in [-0.3, -0.25) is 0 Å². The topological polar surface area (TPSA) is 36.9 Å². The van der Waals surface area contributed by atoms with Crippen LogP contribution in [0, 0.1) is 0 Å². The van der Waals surface area contributed by atoms with Gasteiger partial charge < -0.3 is 18.6 Å². The van der Waals surface area contributed by atoms with E-state index in [0.717, 1.165) is 16.5 Å². The molecule has 0 radical (unpaired) electrons. The van der Waals surface area contributed by atoms with E-state index < -0.39 is 0 Å². The first-order valence-corrected chi connectivity index (χ1v) is 10.5. The maximum Gasteiger partial charge on any atom is 0.494 e. The second-order valence-electron chi connectivity index (χ2n) is 9.72. The van der Waals surface area contributed by atoms with E-state index in [2.05, 4.69) is 86.2 Å². The second-order valence-corrected chi connectivity index (χ2v) is 10.0. The summed E-state index contributed by atoms with van der Waals surface area (Å²) >= 11 is 4.50. The Labute approximate surface area is 176 Å². The summed E-state index contributed by atoms with van der Waals surface area (Å²) in [5.41, 5.74) is 1.68. The SMILES string of the molecule is CC1(C)OB(C(=Cc2ccc(B3OC(C)(C)C(C)(C)O3)cc2)CS)OC1(C)C. The van der Waals surface area contributed by atoms with Gasteiger partial charge in [-0.25, -0.2) is 0 Å². The third kappa shape index (κ3) is 3.97. The van der Waals surface area contributed by atoms with Gasteiger partial charge in [-0.15, -0.1) is 0 Å². The summed E-state index contributed by atoms with van der Waals surface area (Å²) in [7, 11) is -0.735. The molecule has 1 aromatic carbocycles. The third-order valence-corrected chi connectivity index (χ3v) is 6.92. The number of thiol groups is 1. The van der Waals surface area contributed by atoms with E-state index in [1.54, 1.807) is 0 Å². The molecule has 152 valence electrons. The van der Waals surface area contributed by atoms with Gasteiger partial charge >= 0.3 is 14.2 Å². The molecule has 2 fully saturated rings. The van der Waals surface area contributed by atoms with Crippen LogP contribution in [0.2, 0.25) is 0 Å². The Hall–Kier alpha value is -0.720. The van der Waals surface area contributed by atoms with Crippen molar-refractivity contribution in [1.29, 1.82) is 0 Å². The minimum atomic E-state index is -0.384. The molecule has 2 aliphatic rings. The van der Waals surface area contributed by atoms with Gasteiger partial charge in [-0.05, 0) is 71.9 Å². The van der Waals surface area contributed by atoms with E-state index in [-0.39, 0.29) is 36.6 Å². The highest BCUT2D eigenvalue weighted by atomic mass is 32.1. The molecule has 2 aliphatic heterocycles. The van der Waals surface area contributed by atoms with E-state index in [4.69, 9.17) is 18.6 Å². The maximum absolute atomic E-state index is 6.16. The van der Waals surface area contributed by atoms with Gasteiger partial charge in [0, 0.05) is 5.75 Å². The van der Waals surface area contributed by atoms with E-state index in [1.807, 2.05) is 12.1 Å². The Morgan fingerprint density at radius 2 is 1.21 bits per heavy atom. The van der Waals surface area contributed by atoms with Crippen molar-refractivity contribution < 1.29 is 18.6 Å². The van der Waals surface area contributed by atoms with Crippen LogP contribution in [0.15, 0.2) is 29.7 Å². The highest BCUT2D eigenvalue weighted by molar-refractivity contribution is 7.80. The predicted octanol–water partition coefficient (Wildman–Crippen LogP) is 3.93. The van der Waals surface area contributed by atoms with Crippen LogP contribution in [0.25, 0.3) is 6.08 Å². The fourth-order valence-corrected chi connectivity index (χ4v) is 3.37. The molecule has 0 N–H and O–H groups in total. The summed E-state index contributed by atoms with van der Waals surface area (Å²) in [6, 6.07) is 8.23. The lowest BCUT2D eigenvalue weighted by atomic mass is 9.77. The van der Waals surface area contributed by atoms with Crippen molar-refractivity contribution in [2.75, 3.05) is 5.75 Å². The lowest BCUT2D eigenvalue weighted by Crippen LogP contribution is -2.41. The van der Waals surface area contributed by atoms with Crippen LogP contribution >= 0.6 is 12.6 Å². The highest BCUT2D eigenvalue weighted by Gasteiger charge is 2.53. The molecular formula is C21H32B2O4S. The molecule has 3 rings (SSSR count). The molecule has 0 bridgehead atoms. The summed E-state index contributed by atoms with van der Waals surface area (Å²) in [6.07, 6.45) is 2.09. The molecule has 0 unspecified atom stereocenters. The zero-order valence-electron chi connectivity index (χ0n) is 18.3. The van der Waals surface area contributed by atoms with Crippen molar-refractivity contribution in [2.24, 2.45) is 0 Å². The molecule has 28 heavy (non-hydrogen) atoms. The van der Waals surface area contributed by atoms with Gasteiger partial charge in [-0.2, -0.15) is 12.6 Å². The number of rotatable bonds is 4. The first-order valence-electron chi connectivity index (χ1n) is 9.91. The van der Waals surface area contributed by atoms with Crippen LogP contribution in [-0.2, 0) is 18.6 Å². The quantitative estimate of drug-likeness (QED) is 0.612. The van der Waals surface area contributed by atoms with Crippen molar-refractivity contribution >= 4 is 38.4 Å². The fraction of sp³-hybridized carbons (Fsp3) is 0.619. The average Bonchev–Trinajstić information content (AvgIpc) is 2.92. The Balaban J connectivity index is 1.76. The van der Waals surface area contributed by atoms with Crippen LogP contribution in [0.4, 0.5) is 0 Å². The monoisotopic (exact) mass is 402 g/mol. The third-order valence-electron chi connectivity index (χ3n) is 6.55. The van der Waals surface area contributed by atoms with Crippen molar-refractivity contribution in [3.05, 3.63) is 35.3 Å². The van der Waals surface area contributed by atoms with E-state index in [9.17, 15) is 0 Å². The number of hydrogen-bond donors (Lipinski definition) is 1. The fourth-order valence-electron chi connectivity index (χ4n) is 3.13. The van der Waals surface area contributed by atoms with Crippen molar-refractivity contribution in [2.45, 2.75) is 77.8 Å². The summed E-state index contributed by atoms with van der Waals surface area (Å²) in [4.78, 5) is 0. The standard InChI is InChI=1S/C21H32B2O4S/c1-18(2)19(3,4)25-22(24-18)16-11-9-15(10-12-16)13-17(14-28)23-26-20(5,6)21(7,8)27-23/h9-13,28H,14H2,1-8H3. The van der Waals surface area contributed by atoms with Crippen molar-refractivity contribution in [3.8, 4) is 0 Å². The first-order chi connectivity index (χ1) is 12.8. The van der Waals surface area contributed by atoms with Gasteiger partial charge in [0.2, 0.25) is 0 Å². The lowest BCUT2D eigenvalue weighted by molar-refractivity contribution is 0.00578. The molecule has 0 aromatic heterocycles. The maximum atomic E-state index is 6.16. The highest BCUT2D eigenvalue weighted by Crippen LogP contribution is 2.39. The first kappa shape index (κ1) is 22.0.